The molecule has 0 saturated carbocycles. The van der Waals surface area contributed by atoms with Crippen molar-refractivity contribution < 1.29 is 24.0 Å². The van der Waals surface area contributed by atoms with Crippen LogP contribution in [0.25, 0.3) is 0 Å². The molecule has 1 saturated heterocycles. The molecule has 27 heavy (non-hydrogen) atoms. The van der Waals surface area contributed by atoms with Gasteiger partial charge in [0.1, 0.15) is 11.9 Å². The Morgan fingerprint density at radius 3 is 2.67 bits per heavy atom. The van der Waals surface area contributed by atoms with Gasteiger partial charge in [-0.25, -0.2) is 4.39 Å². The minimum absolute atomic E-state index is 0.166. The summed E-state index contributed by atoms with van der Waals surface area (Å²) in [6.45, 7) is 1.88. The third-order valence-electron chi connectivity index (χ3n) is 4.26. The summed E-state index contributed by atoms with van der Waals surface area (Å²) in [6, 6.07) is 8.56. The van der Waals surface area contributed by atoms with Crippen molar-refractivity contribution >= 4 is 17.3 Å². The summed E-state index contributed by atoms with van der Waals surface area (Å²) in [5.41, 5.74) is 0.128. The van der Waals surface area contributed by atoms with Crippen molar-refractivity contribution in [1.82, 2.24) is 4.90 Å². The number of rotatable bonds is 5. The van der Waals surface area contributed by atoms with Crippen molar-refractivity contribution in [2.75, 3.05) is 31.6 Å². The van der Waals surface area contributed by atoms with Gasteiger partial charge in [0.15, 0.2) is 5.75 Å². The first-order valence-corrected chi connectivity index (χ1v) is 8.31. The lowest BCUT2D eigenvalue weighted by Crippen LogP contribution is -2.43. The van der Waals surface area contributed by atoms with Crippen LogP contribution >= 0.6 is 0 Å². The molecular formula is C18H18FN3O5. The maximum absolute atomic E-state index is 13.7. The second-order valence-electron chi connectivity index (χ2n) is 6.06. The molecule has 0 aromatic heterocycles. The molecule has 0 spiro atoms. The average molecular weight is 375 g/mol. The van der Waals surface area contributed by atoms with E-state index in [9.17, 15) is 24.4 Å². The minimum Gasteiger partial charge on any atom is -0.502 e. The molecule has 1 amide bonds. The van der Waals surface area contributed by atoms with E-state index in [0.717, 1.165) is 12.1 Å². The van der Waals surface area contributed by atoms with Crippen LogP contribution in [-0.2, 0) is 9.53 Å². The third kappa shape index (κ3) is 4.39. The lowest BCUT2D eigenvalue weighted by molar-refractivity contribution is -0.385. The van der Waals surface area contributed by atoms with E-state index in [1.165, 1.54) is 24.3 Å². The van der Waals surface area contributed by atoms with E-state index in [4.69, 9.17) is 4.74 Å². The van der Waals surface area contributed by atoms with Gasteiger partial charge in [-0.05, 0) is 29.8 Å². The number of nitro benzene ring substituents is 1. The fourth-order valence-corrected chi connectivity index (χ4v) is 3.00. The molecule has 2 aromatic carbocycles. The number of ether oxygens (including phenoxy) is 1. The Morgan fingerprint density at radius 1 is 1.26 bits per heavy atom. The number of nitrogens with one attached hydrogen (secondary N) is 1. The van der Waals surface area contributed by atoms with Crippen LogP contribution in [0.1, 0.15) is 11.6 Å². The van der Waals surface area contributed by atoms with E-state index in [1.54, 1.807) is 6.07 Å². The molecule has 0 bridgehead atoms. The van der Waals surface area contributed by atoms with Crippen LogP contribution in [0, 0.1) is 15.9 Å². The number of phenolic OH excluding ortho intramolecular Hbond substituents is 1. The normalized spacial score (nSPS) is 15.9. The highest BCUT2D eigenvalue weighted by Crippen LogP contribution is 2.30. The summed E-state index contributed by atoms with van der Waals surface area (Å²) in [5.74, 6) is -1.41. The zero-order valence-electron chi connectivity index (χ0n) is 14.3. The molecule has 1 aliphatic heterocycles. The SMILES string of the molecule is O=C(Nc1ccc(O)c([N+](=O)[O-])c1)[C@H](c1cccc(F)c1)N1CCOCC1. The van der Waals surface area contributed by atoms with E-state index >= 15 is 0 Å². The number of halogens is 1. The van der Waals surface area contributed by atoms with Crippen LogP contribution in [0.5, 0.6) is 5.75 Å². The molecule has 9 heteroatoms. The number of hydrogen-bond acceptors (Lipinski definition) is 6. The largest absolute Gasteiger partial charge is 0.502 e. The van der Waals surface area contributed by atoms with Gasteiger partial charge in [-0.1, -0.05) is 12.1 Å². The quantitative estimate of drug-likeness (QED) is 0.473. The Balaban J connectivity index is 1.89. The maximum atomic E-state index is 13.7. The van der Waals surface area contributed by atoms with Crippen molar-refractivity contribution in [2.24, 2.45) is 0 Å². The van der Waals surface area contributed by atoms with Crippen LogP contribution in [0.3, 0.4) is 0 Å². The molecule has 1 atom stereocenters. The Bertz CT molecular complexity index is 855. The standard InChI is InChI=1S/C18H18FN3O5/c19-13-3-1-2-12(10-13)17(21-6-8-27-9-7-21)18(24)20-14-4-5-16(23)15(11-14)22(25)26/h1-5,10-11,17,23H,6-9H2,(H,20,24)/t17-/m0/s1. The predicted molar refractivity (Wildman–Crippen MR) is 94.9 cm³/mol. The Hall–Kier alpha value is -3.04. The van der Waals surface area contributed by atoms with Crippen LogP contribution in [0.4, 0.5) is 15.8 Å². The van der Waals surface area contributed by atoms with E-state index in [2.05, 4.69) is 5.32 Å². The zero-order valence-corrected chi connectivity index (χ0v) is 14.3. The van der Waals surface area contributed by atoms with E-state index < -0.39 is 34.1 Å². The van der Waals surface area contributed by atoms with Gasteiger partial charge >= 0.3 is 5.69 Å². The van der Waals surface area contributed by atoms with Crippen LogP contribution in [0.2, 0.25) is 0 Å². The van der Waals surface area contributed by atoms with Gasteiger partial charge in [0.2, 0.25) is 5.91 Å². The van der Waals surface area contributed by atoms with Crippen molar-refractivity contribution in [3.8, 4) is 5.75 Å². The number of carbonyl (C=O) groups is 1. The predicted octanol–water partition coefficient (Wildman–Crippen LogP) is 2.45. The first-order valence-electron chi connectivity index (χ1n) is 8.31. The van der Waals surface area contributed by atoms with Gasteiger partial charge in [0, 0.05) is 24.8 Å². The van der Waals surface area contributed by atoms with Crippen molar-refractivity contribution in [3.05, 3.63) is 64.0 Å². The second-order valence-corrected chi connectivity index (χ2v) is 6.06. The monoisotopic (exact) mass is 375 g/mol. The van der Waals surface area contributed by atoms with E-state index in [1.807, 2.05) is 4.90 Å². The highest BCUT2D eigenvalue weighted by atomic mass is 19.1. The molecule has 0 radical (unpaired) electrons. The molecule has 1 fully saturated rings. The molecule has 2 N–H and O–H groups in total. The Labute approximate surface area is 154 Å². The number of benzene rings is 2. The lowest BCUT2D eigenvalue weighted by Gasteiger charge is -2.33. The van der Waals surface area contributed by atoms with Gasteiger partial charge in [-0.2, -0.15) is 0 Å². The Kier molecular flexibility index (Phi) is 5.63. The lowest BCUT2D eigenvalue weighted by atomic mass is 10.0. The van der Waals surface area contributed by atoms with Gasteiger partial charge in [0.05, 0.1) is 18.1 Å². The third-order valence-corrected chi connectivity index (χ3v) is 4.26. The smallest absolute Gasteiger partial charge is 0.312 e. The molecule has 1 aliphatic rings. The number of phenols is 1. The number of morpholine rings is 1. The first-order chi connectivity index (χ1) is 13.0. The van der Waals surface area contributed by atoms with Crippen LogP contribution in [0.15, 0.2) is 42.5 Å². The summed E-state index contributed by atoms with van der Waals surface area (Å²) >= 11 is 0. The van der Waals surface area contributed by atoms with Crippen molar-refractivity contribution in [2.45, 2.75) is 6.04 Å². The molecule has 8 nitrogen and oxygen atoms in total. The number of aromatic hydroxyl groups is 1. The Morgan fingerprint density at radius 2 is 2.00 bits per heavy atom. The zero-order chi connectivity index (χ0) is 19.4. The molecule has 1 heterocycles. The van der Waals surface area contributed by atoms with Crippen molar-refractivity contribution in [3.63, 3.8) is 0 Å². The van der Waals surface area contributed by atoms with E-state index in [0.29, 0.717) is 31.9 Å². The molecule has 2 aromatic rings. The second kappa shape index (κ2) is 8.11. The van der Waals surface area contributed by atoms with E-state index in [-0.39, 0.29) is 5.69 Å². The number of anilines is 1. The number of amides is 1. The summed E-state index contributed by atoms with van der Waals surface area (Å²) in [5, 5.41) is 23.1. The summed E-state index contributed by atoms with van der Waals surface area (Å²) in [7, 11) is 0. The van der Waals surface area contributed by atoms with Crippen LogP contribution in [-0.4, -0.2) is 47.1 Å². The number of carbonyl (C=O) groups excluding carboxylic acids is 1. The van der Waals surface area contributed by atoms with Crippen LogP contribution < -0.4 is 5.32 Å². The number of hydrogen-bond donors (Lipinski definition) is 2. The highest BCUT2D eigenvalue weighted by molar-refractivity contribution is 5.96. The van der Waals surface area contributed by atoms with Crippen molar-refractivity contribution in [1.29, 1.82) is 0 Å². The highest BCUT2D eigenvalue weighted by Gasteiger charge is 2.30. The fraction of sp³-hybridized carbons (Fsp3) is 0.278. The van der Waals surface area contributed by atoms with Gasteiger partial charge in [-0.15, -0.1) is 0 Å². The molecule has 0 unspecified atom stereocenters. The maximum Gasteiger partial charge on any atom is 0.312 e. The summed E-state index contributed by atoms with van der Waals surface area (Å²) < 4.78 is 19.0. The molecular weight excluding hydrogens is 357 g/mol. The number of nitro groups is 1. The average Bonchev–Trinajstić information content (AvgIpc) is 2.64. The van der Waals surface area contributed by atoms with Gasteiger partial charge < -0.3 is 15.2 Å². The number of nitrogens with zero attached hydrogens (tertiary/aromatic N) is 2. The molecule has 142 valence electrons. The summed E-state index contributed by atoms with van der Waals surface area (Å²) in [4.78, 5) is 25.0. The van der Waals surface area contributed by atoms with Gasteiger partial charge in [0.25, 0.3) is 0 Å². The van der Waals surface area contributed by atoms with Gasteiger partial charge in [-0.3, -0.25) is 19.8 Å². The minimum atomic E-state index is -0.780. The summed E-state index contributed by atoms with van der Waals surface area (Å²) in [6.07, 6.45) is 0. The fourth-order valence-electron chi connectivity index (χ4n) is 3.00. The first kappa shape index (κ1) is 18.7. The topological polar surface area (TPSA) is 105 Å². The molecule has 3 rings (SSSR count). The molecule has 0 aliphatic carbocycles.